The molecule has 1 heterocycles. The fraction of sp³-hybridized carbons (Fsp3) is 0.241. The minimum absolute atomic E-state index is 0.183. The molecule has 192 valence electrons. The Morgan fingerprint density at radius 1 is 0.946 bits per heavy atom. The molecule has 8 heteroatoms. The van der Waals surface area contributed by atoms with Crippen LogP contribution in [0.5, 0.6) is 23.0 Å². The zero-order valence-electron chi connectivity index (χ0n) is 21.6. The third kappa shape index (κ3) is 6.27. The summed E-state index contributed by atoms with van der Waals surface area (Å²) in [5.41, 5.74) is 4.76. The van der Waals surface area contributed by atoms with Crippen LogP contribution in [0, 0.1) is 13.8 Å². The Labute approximate surface area is 221 Å². The molecule has 1 amide bonds. The third-order valence-electron chi connectivity index (χ3n) is 5.89. The average Bonchev–Trinajstić information content (AvgIpc) is 3.24. The number of thioether (sulfide) groups is 1. The number of amides is 1. The average molecular weight is 519 g/mol. The van der Waals surface area contributed by atoms with Gasteiger partial charge in [-0.25, -0.2) is 4.99 Å². The molecule has 0 atom stereocenters. The lowest BCUT2D eigenvalue weighted by Crippen LogP contribution is -2.19. The number of nitrogens with zero attached hydrogens (tertiary/aromatic N) is 1. The smallest absolute Gasteiger partial charge is 0.264 e. The van der Waals surface area contributed by atoms with E-state index in [1.54, 1.807) is 14.2 Å². The number of methoxy groups -OCH3 is 2. The molecule has 0 bridgehead atoms. The first kappa shape index (κ1) is 26.2. The monoisotopic (exact) mass is 518 g/mol. The number of carbonyl (C=O) groups is 1. The Bertz CT molecular complexity index is 1370. The molecule has 3 aromatic rings. The summed E-state index contributed by atoms with van der Waals surface area (Å²) in [4.78, 5) is 17.8. The van der Waals surface area contributed by atoms with E-state index in [1.165, 1.54) is 11.8 Å². The van der Waals surface area contributed by atoms with Crippen LogP contribution in [0.15, 0.2) is 64.5 Å². The van der Waals surface area contributed by atoms with Crippen LogP contribution < -0.4 is 24.3 Å². The maximum atomic E-state index is 12.6. The number of ether oxygens (including phenoxy) is 4. The summed E-state index contributed by atoms with van der Waals surface area (Å²) in [6.07, 6.45) is 1.82. The highest BCUT2D eigenvalue weighted by atomic mass is 32.2. The van der Waals surface area contributed by atoms with Gasteiger partial charge in [0.15, 0.2) is 16.7 Å². The Morgan fingerprint density at radius 3 is 2.51 bits per heavy atom. The number of benzene rings is 3. The van der Waals surface area contributed by atoms with Gasteiger partial charge in [-0.2, -0.15) is 0 Å². The maximum Gasteiger partial charge on any atom is 0.264 e. The second kappa shape index (κ2) is 11.9. The molecule has 1 aliphatic heterocycles. The van der Waals surface area contributed by atoms with Gasteiger partial charge in [-0.15, -0.1) is 0 Å². The largest absolute Gasteiger partial charge is 0.497 e. The quantitative estimate of drug-likeness (QED) is 0.340. The predicted octanol–water partition coefficient (Wildman–Crippen LogP) is 6.19. The van der Waals surface area contributed by atoms with E-state index in [4.69, 9.17) is 18.9 Å². The van der Waals surface area contributed by atoms with Crippen LogP contribution in [0.1, 0.15) is 29.2 Å². The Morgan fingerprint density at radius 2 is 1.76 bits per heavy atom. The first-order chi connectivity index (χ1) is 17.9. The molecular weight excluding hydrogens is 488 g/mol. The van der Waals surface area contributed by atoms with Crippen LogP contribution in [-0.4, -0.2) is 31.9 Å². The van der Waals surface area contributed by atoms with Crippen LogP contribution >= 0.6 is 11.8 Å². The van der Waals surface area contributed by atoms with Gasteiger partial charge < -0.3 is 24.3 Å². The minimum Gasteiger partial charge on any atom is -0.497 e. The first-order valence-electron chi connectivity index (χ1n) is 11.9. The number of nitrogens with one attached hydrogen (secondary N) is 1. The molecule has 1 saturated heterocycles. The third-order valence-corrected chi connectivity index (χ3v) is 6.79. The molecule has 37 heavy (non-hydrogen) atoms. The topological polar surface area (TPSA) is 78.4 Å². The second-order valence-corrected chi connectivity index (χ2v) is 9.34. The minimum atomic E-state index is -0.183. The van der Waals surface area contributed by atoms with Crippen molar-refractivity contribution in [3.8, 4) is 23.0 Å². The summed E-state index contributed by atoms with van der Waals surface area (Å²) < 4.78 is 22.7. The SMILES string of the molecule is CCOc1cc(/C=C2\SC(=Nc3cccc(C)c3C)NC2=O)ccc1OCc1cc(OC)ccc1OC. The van der Waals surface area contributed by atoms with E-state index in [0.717, 1.165) is 33.7 Å². The van der Waals surface area contributed by atoms with Crippen LogP contribution in [0.2, 0.25) is 0 Å². The zero-order valence-corrected chi connectivity index (χ0v) is 22.4. The lowest BCUT2D eigenvalue weighted by Gasteiger charge is -2.15. The highest BCUT2D eigenvalue weighted by Crippen LogP contribution is 2.34. The summed E-state index contributed by atoms with van der Waals surface area (Å²) in [5, 5.41) is 3.41. The number of hydrogen-bond acceptors (Lipinski definition) is 7. The number of hydrogen-bond donors (Lipinski definition) is 1. The molecular formula is C29H30N2O5S. The van der Waals surface area contributed by atoms with Gasteiger partial charge in [-0.3, -0.25) is 4.79 Å². The summed E-state index contributed by atoms with van der Waals surface area (Å²) >= 11 is 1.31. The number of carbonyl (C=O) groups excluding carboxylic acids is 1. The van der Waals surface area contributed by atoms with Gasteiger partial charge in [-0.1, -0.05) is 18.2 Å². The van der Waals surface area contributed by atoms with E-state index in [2.05, 4.69) is 10.3 Å². The fourth-order valence-electron chi connectivity index (χ4n) is 3.75. The first-order valence-corrected chi connectivity index (χ1v) is 12.7. The van der Waals surface area contributed by atoms with Crippen LogP contribution in [-0.2, 0) is 11.4 Å². The number of amidine groups is 1. The van der Waals surface area contributed by atoms with Gasteiger partial charge in [0.05, 0.1) is 31.4 Å². The Balaban J connectivity index is 1.53. The van der Waals surface area contributed by atoms with Crippen molar-refractivity contribution in [1.82, 2.24) is 5.32 Å². The number of aryl methyl sites for hydroxylation is 1. The van der Waals surface area contributed by atoms with Crippen molar-refractivity contribution in [3.63, 3.8) is 0 Å². The molecule has 0 spiro atoms. The molecule has 3 aromatic carbocycles. The summed E-state index contributed by atoms with van der Waals surface area (Å²) in [6, 6.07) is 17.1. The summed E-state index contributed by atoms with van der Waals surface area (Å²) in [5.74, 6) is 2.43. The Hall–Kier alpha value is -3.91. The molecule has 0 aliphatic carbocycles. The van der Waals surface area contributed by atoms with Crippen molar-refractivity contribution >= 4 is 34.6 Å². The molecule has 0 unspecified atom stereocenters. The van der Waals surface area contributed by atoms with Crippen molar-refractivity contribution in [2.75, 3.05) is 20.8 Å². The molecule has 0 saturated carbocycles. The highest BCUT2D eigenvalue weighted by Gasteiger charge is 2.24. The lowest BCUT2D eigenvalue weighted by atomic mass is 10.1. The van der Waals surface area contributed by atoms with E-state index in [0.29, 0.717) is 33.9 Å². The van der Waals surface area contributed by atoms with Crippen molar-refractivity contribution < 1.29 is 23.7 Å². The maximum absolute atomic E-state index is 12.6. The van der Waals surface area contributed by atoms with Gasteiger partial charge in [0.1, 0.15) is 18.1 Å². The van der Waals surface area contributed by atoms with Crippen molar-refractivity contribution in [3.05, 3.63) is 81.8 Å². The molecule has 7 nitrogen and oxygen atoms in total. The zero-order chi connectivity index (χ0) is 26.4. The highest BCUT2D eigenvalue weighted by molar-refractivity contribution is 8.18. The van der Waals surface area contributed by atoms with Gasteiger partial charge >= 0.3 is 0 Å². The Kier molecular flexibility index (Phi) is 8.40. The standard InChI is InChI=1S/C29H30N2O5S/c1-6-35-26-14-20(10-12-25(26)36-17-21-16-22(33-4)11-13-24(21)34-5)15-27-28(32)31-29(37-27)30-23-9-7-8-18(2)19(23)3/h7-16H,6,17H2,1-5H3,(H,30,31,32)/b27-15-. The van der Waals surface area contributed by atoms with Gasteiger partial charge in [0.25, 0.3) is 5.91 Å². The number of rotatable bonds is 9. The van der Waals surface area contributed by atoms with E-state index in [1.807, 2.05) is 81.4 Å². The van der Waals surface area contributed by atoms with E-state index >= 15 is 0 Å². The van der Waals surface area contributed by atoms with E-state index < -0.39 is 0 Å². The molecule has 1 N–H and O–H groups in total. The summed E-state index contributed by atoms with van der Waals surface area (Å²) in [6.45, 7) is 6.73. The van der Waals surface area contributed by atoms with Crippen LogP contribution in [0.4, 0.5) is 5.69 Å². The van der Waals surface area contributed by atoms with E-state index in [-0.39, 0.29) is 12.5 Å². The lowest BCUT2D eigenvalue weighted by molar-refractivity contribution is -0.115. The molecule has 0 aromatic heterocycles. The van der Waals surface area contributed by atoms with Gasteiger partial charge in [-0.05, 0) is 91.7 Å². The molecule has 1 aliphatic rings. The molecule has 0 radical (unpaired) electrons. The number of aliphatic imine (C=N–C) groups is 1. The van der Waals surface area contributed by atoms with Crippen molar-refractivity contribution in [2.24, 2.45) is 4.99 Å². The van der Waals surface area contributed by atoms with Crippen molar-refractivity contribution in [1.29, 1.82) is 0 Å². The van der Waals surface area contributed by atoms with Crippen LogP contribution in [0.25, 0.3) is 6.08 Å². The van der Waals surface area contributed by atoms with Crippen LogP contribution in [0.3, 0.4) is 0 Å². The molecule has 4 rings (SSSR count). The summed E-state index contributed by atoms with van der Waals surface area (Å²) in [7, 11) is 3.24. The van der Waals surface area contributed by atoms with Crippen molar-refractivity contribution in [2.45, 2.75) is 27.4 Å². The predicted molar refractivity (Wildman–Crippen MR) is 148 cm³/mol. The normalized spacial score (nSPS) is 15.1. The van der Waals surface area contributed by atoms with Gasteiger partial charge in [0, 0.05) is 5.56 Å². The second-order valence-electron chi connectivity index (χ2n) is 8.31. The van der Waals surface area contributed by atoms with E-state index in [9.17, 15) is 4.79 Å². The molecule has 1 fully saturated rings. The van der Waals surface area contributed by atoms with Gasteiger partial charge in [0.2, 0.25) is 0 Å². The fourth-order valence-corrected chi connectivity index (χ4v) is 4.58.